The summed E-state index contributed by atoms with van der Waals surface area (Å²) < 4.78 is 13.9. The van der Waals surface area contributed by atoms with Crippen molar-refractivity contribution >= 4 is 8.69 Å². The summed E-state index contributed by atoms with van der Waals surface area (Å²) in [6, 6.07) is 8.83. The van der Waals surface area contributed by atoms with Gasteiger partial charge in [-0.15, -0.1) is 0 Å². The molecule has 52 valence electrons. The first-order valence-electron chi connectivity index (χ1n) is 2.65. The minimum Gasteiger partial charge on any atom is -0.326 e. The van der Waals surface area contributed by atoms with E-state index in [1.165, 1.54) is 0 Å². The fourth-order valence-electron chi connectivity index (χ4n) is 0.534. The molecule has 0 fully saturated rings. The van der Waals surface area contributed by atoms with E-state index < -0.39 is 8.69 Å². The van der Waals surface area contributed by atoms with E-state index in [9.17, 15) is 4.57 Å². The fourth-order valence-corrected chi connectivity index (χ4v) is 0.651. The smallest absolute Gasteiger partial charge is 0.326 e. The Morgan fingerprint density at radius 2 is 1.90 bits per heavy atom. The minimum atomic E-state index is -0.482. The number of hydrogen-bond donors (Lipinski definition) is 0. The fraction of sp³-hybridized carbons (Fsp3) is 0. The molecule has 1 aromatic carbocycles. The molecule has 0 aromatic heterocycles. The maximum absolute atomic E-state index is 9.73. The Morgan fingerprint density at radius 1 is 1.20 bits per heavy atom. The molecule has 0 aliphatic rings. The summed E-state index contributed by atoms with van der Waals surface area (Å²) in [7, 11) is -0.482. The second kappa shape index (κ2) is 3.99. The summed E-state index contributed by atoms with van der Waals surface area (Å²) in [6.45, 7) is 0. The van der Waals surface area contributed by atoms with Crippen LogP contribution in [-0.4, -0.2) is 0 Å². The molecule has 1 aromatic rings. The first kappa shape index (κ1) is 7.19. The summed E-state index contributed by atoms with van der Waals surface area (Å²) >= 11 is 0. The molecule has 0 heterocycles. The summed E-state index contributed by atoms with van der Waals surface area (Å²) in [6.07, 6.45) is 0. The highest BCUT2D eigenvalue weighted by molar-refractivity contribution is 7.17. The van der Waals surface area contributed by atoms with Crippen molar-refractivity contribution in [1.29, 1.82) is 0 Å². The van der Waals surface area contributed by atoms with E-state index in [4.69, 9.17) is 0 Å². The van der Waals surface area contributed by atoms with Crippen LogP contribution in [0.4, 0.5) is 0 Å². The van der Waals surface area contributed by atoms with E-state index in [0.717, 1.165) is 0 Å². The van der Waals surface area contributed by atoms with Crippen LogP contribution < -0.4 is 4.89 Å². The number of benzene rings is 1. The third-order valence-corrected chi connectivity index (χ3v) is 1.04. The summed E-state index contributed by atoms with van der Waals surface area (Å²) in [4.78, 5) is 4.53. The second-order valence-electron chi connectivity index (χ2n) is 1.55. The van der Waals surface area contributed by atoms with Gasteiger partial charge in [0.2, 0.25) is 0 Å². The Labute approximate surface area is 59.8 Å². The molecule has 0 atom stereocenters. The van der Waals surface area contributed by atoms with Gasteiger partial charge in [0.1, 0.15) is 0 Å². The van der Waals surface area contributed by atoms with E-state index in [2.05, 4.69) is 9.56 Å². The lowest BCUT2D eigenvalue weighted by Gasteiger charge is -1.94. The molecule has 0 radical (unpaired) electrons. The Kier molecular flexibility index (Phi) is 2.87. The Bertz CT molecular complexity index is 199. The molecule has 0 saturated carbocycles. The number of rotatable bonds is 3. The molecule has 0 aliphatic heterocycles. The third kappa shape index (κ3) is 2.13. The van der Waals surface area contributed by atoms with Crippen LogP contribution in [0.3, 0.4) is 0 Å². The standard InChI is InChI=1S/C6H5O3P/c7-10-9-8-6-4-2-1-3-5-6/h1-5H. The zero-order valence-electron chi connectivity index (χ0n) is 5.06. The van der Waals surface area contributed by atoms with Crippen LogP contribution >= 0.6 is 8.69 Å². The highest BCUT2D eigenvalue weighted by Crippen LogP contribution is 2.10. The molecule has 0 N–H and O–H groups in total. The summed E-state index contributed by atoms with van der Waals surface area (Å²) in [5.74, 6) is 0.533. The molecule has 0 amide bonds. The zero-order valence-corrected chi connectivity index (χ0v) is 5.95. The Morgan fingerprint density at radius 3 is 2.50 bits per heavy atom. The molecule has 0 spiro atoms. The van der Waals surface area contributed by atoms with Crippen LogP contribution in [0.2, 0.25) is 0 Å². The van der Waals surface area contributed by atoms with E-state index in [1.807, 2.05) is 6.07 Å². The molecular weight excluding hydrogens is 151 g/mol. The Hall–Kier alpha value is -0.920. The van der Waals surface area contributed by atoms with Crippen molar-refractivity contribution in [3.05, 3.63) is 30.3 Å². The van der Waals surface area contributed by atoms with Crippen molar-refractivity contribution in [2.45, 2.75) is 0 Å². The molecule has 0 saturated heterocycles. The van der Waals surface area contributed by atoms with Gasteiger partial charge in [0.05, 0.1) is 0 Å². The van der Waals surface area contributed by atoms with Gasteiger partial charge in [0, 0.05) is 0 Å². The van der Waals surface area contributed by atoms with E-state index in [0.29, 0.717) is 5.75 Å². The molecule has 1 rings (SSSR count). The van der Waals surface area contributed by atoms with E-state index in [-0.39, 0.29) is 0 Å². The van der Waals surface area contributed by atoms with Crippen molar-refractivity contribution in [2.24, 2.45) is 0 Å². The molecular formula is C6H5O3P. The average Bonchev–Trinajstić information content (AvgIpc) is 2.03. The van der Waals surface area contributed by atoms with Crippen LogP contribution in [-0.2, 0) is 9.24 Å². The SMILES string of the molecule is O=POOc1ccccc1. The van der Waals surface area contributed by atoms with Gasteiger partial charge in [-0.2, -0.15) is 0 Å². The quantitative estimate of drug-likeness (QED) is 0.382. The number of para-hydroxylation sites is 1. The van der Waals surface area contributed by atoms with E-state index in [1.54, 1.807) is 24.3 Å². The van der Waals surface area contributed by atoms with Gasteiger partial charge in [-0.05, 0) is 12.1 Å². The van der Waals surface area contributed by atoms with Gasteiger partial charge in [-0.25, -0.2) is 4.57 Å². The van der Waals surface area contributed by atoms with Crippen LogP contribution in [0, 0.1) is 0 Å². The van der Waals surface area contributed by atoms with Crippen molar-refractivity contribution in [3.8, 4) is 5.75 Å². The zero-order chi connectivity index (χ0) is 7.23. The highest BCUT2D eigenvalue weighted by Gasteiger charge is 1.89. The summed E-state index contributed by atoms with van der Waals surface area (Å²) in [5, 5.41) is 0. The van der Waals surface area contributed by atoms with Crippen LogP contribution in [0.25, 0.3) is 0 Å². The number of hydrogen-bond acceptors (Lipinski definition) is 3. The van der Waals surface area contributed by atoms with Crippen LogP contribution in [0.5, 0.6) is 5.75 Å². The van der Waals surface area contributed by atoms with Crippen molar-refractivity contribution < 1.29 is 14.1 Å². The highest BCUT2D eigenvalue weighted by atomic mass is 31.1. The predicted octanol–water partition coefficient (Wildman–Crippen LogP) is 2.20. The maximum Gasteiger partial charge on any atom is 0.372 e. The van der Waals surface area contributed by atoms with Gasteiger partial charge in [-0.3, -0.25) is 0 Å². The predicted molar refractivity (Wildman–Crippen MR) is 35.8 cm³/mol. The topological polar surface area (TPSA) is 35.5 Å². The van der Waals surface area contributed by atoms with Gasteiger partial charge in [0.15, 0.2) is 5.75 Å². The van der Waals surface area contributed by atoms with Gasteiger partial charge in [0.25, 0.3) is 0 Å². The molecule has 3 nitrogen and oxygen atoms in total. The summed E-state index contributed by atoms with van der Waals surface area (Å²) in [5.41, 5.74) is 0. The van der Waals surface area contributed by atoms with Gasteiger partial charge >= 0.3 is 8.69 Å². The van der Waals surface area contributed by atoms with Crippen molar-refractivity contribution in [1.82, 2.24) is 0 Å². The monoisotopic (exact) mass is 156 g/mol. The van der Waals surface area contributed by atoms with E-state index >= 15 is 0 Å². The van der Waals surface area contributed by atoms with Crippen LogP contribution in [0.15, 0.2) is 30.3 Å². The molecule has 0 bridgehead atoms. The lowest BCUT2D eigenvalue weighted by molar-refractivity contribution is -0.0866. The molecule has 0 aliphatic carbocycles. The lowest BCUT2D eigenvalue weighted by atomic mass is 10.3. The van der Waals surface area contributed by atoms with Gasteiger partial charge < -0.3 is 4.89 Å². The van der Waals surface area contributed by atoms with Crippen molar-refractivity contribution in [3.63, 3.8) is 0 Å². The van der Waals surface area contributed by atoms with Gasteiger partial charge in [-0.1, -0.05) is 22.9 Å². The first-order valence-corrected chi connectivity index (χ1v) is 3.38. The molecule has 0 unspecified atom stereocenters. The first-order chi connectivity index (χ1) is 4.93. The average molecular weight is 156 g/mol. The minimum absolute atomic E-state index is 0.482. The van der Waals surface area contributed by atoms with Crippen LogP contribution in [0.1, 0.15) is 0 Å². The Balaban J connectivity index is 2.50. The lowest BCUT2D eigenvalue weighted by Crippen LogP contribution is -1.83. The van der Waals surface area contributed by atoms with Crippen molar-refractivity contribution in [2.75, 3.05) is 0 Å². The maximum atomic E-state index is 9.73. The second-order valence-corrected chi connectivity index (χ2v) is 1.84. The molecule has 10 heavy (non-hydrogen) atoms. The normalized spacial score (nSPS) is 9.60. The molecule has 4 heteroatoms. The largest absolute Gasteiger partial charge is 0.372 e. The third-order valence-electron chi connectivity index (χ3n) is 0.907.